The largest absolute Gasteiger partial charge is 0.353 e. The highest BCUT2D eigenvalue weighted by molar-refractivity contribution is 7.53. The molecule has 0 radical (unpaired) electrons. The molecule has 1 N–H and O–H groups in total. The van der Waals surface area contributed by atoms with E-state index in [-0.39, 0.29) is 19.5 Å². The summed E-state index contributed by atoms with van der Waals surface area (Å²) in [6.07, 6.45) is 5.03. The number of hydrogen-bond acceptors (Lipinski definition) is 8. The monoisotopic (exact) mass is 680 g/mol. The van der Waals surface area contributed by atoms with Crippen molar-refractivity contribution in [2.24, 2.45) is 0 Å². The summed E-state index contributed by atoms with van der Waals surface area (Å²) in [6.45, 7) is 2.65. The Labute approximate surface area is 280 Å². The Bertz CT molecular complexity index is 1300. The normalized spacial score (nSPS) is 14.8. The van der Waals surface area contributed by atoms with Crippen molar-refractivity contribution in [2.75, 3.05) is 19.4 Å². The minimum absolute atomic E-state index is 0.0841. The van der Waals surface area contributed by atoms with Crippen molar-refractivity contribution in [3.05, 3.63) is 144 Å². The van der Waals surface area contributed by atoms with E-state index < -0.39 is 16.2 Å². The van der Waals surface area contributed by atoms with Gasteiger partial charge in [-0.05, 0) is 54.4 Å². The highest BCUT2D eigenvalue weighted by atomic mass is 31.2. The van der Waals surface area contributed by atoms with Crippen LogP contribution >= 0.6 is 16.2 Å². The van der Waals surface area contributed by atoms with Crippen molar-refractivity contribution in [3.8, 4) is 0 Å². The maximum absolute atomic E-state index is 13.3. The summed E-state index contributed by atoms with van der Waals surface area (Å²) in [6, 6.07) is 38.9. The molecule has 8 nitrogen and oxygen atoms in total. The van der Waals surface area contributed by atoms with E-state index in [1.165, 1.54) is 0 Å². The fourth-order valence-corrected chi connectivity index (χ4v) is 6.80. The molecule has 0 spiro atoms. The van der Waals surface area contributed by atoms with Crippen LogP contribution < -0.4 is 0 Å². The van der Waals surface area contributed by atoms with Gasteiger partial charge < -0.3 is 32.5 Å². The smallest absolute Gasteiger partial charge is 0.331 e. The molecule has 5 rings (SSSR count). The highest BCUT2D eigenvalue weighted by Crippen LogP contribution is 2.50. The van der Waals surface area contributed by atoms with E-state index in [4.69, 9.17) is 27.6 Å². The van der Waals surface area contributed by atoms with Crippen LogP contribution in [0.2, 0.25) is 0 Å². The van der Waals surface area contributed by atoms with Crippen LogP contribution in [0, 0.1) is 0 Å². The number of rotatable bonds is 18. The molecule has 1 fully saturated rings. The first-order valence-electron chi connectivity index (χ1n) is 16.1. The van der Waals surface area contributed by atoms with Crippen LogP contribution in [0.3, 0.4) is 0 Å². The lowest BCUT2D eigenvalue weighted by molar-refractivity contribution is -0.162. The molecule has 0 aliphatic carbocycles. The van der Waals surface area contributed by atoms with Crippen LogP contribution in [0.4, 0.5) is 0 Å². The zero-order chi connectivity index (χ0) is 32.8. The first-order valence-corrected chi connectivity index (χ1v) is 19.0. The van der Waals surface area contributed by atoms with Crippen LogP contribution in [0.5, 0.6) is 0 Å². The lowest BCUT2D eigenvalue weighted by Gasteiger charge is -2.23. The van der Waals surface area contributed by atoms with E-state index in [0.29, 0.717) is 32.4 Å². The Balaban J connectivity index is 0.000000238. The van der Waals surface area contributed by atoms with E-state index in [1.807, 2.05) is 121 Å². The molecule has 0 aromatic heterocycles. The zero-order valence-corrected chi connectivity index (χ0v) is 28.6. The van der Waals surface area contributed by atoms with Gasteiger partial charge in [0.05, 0.1) is 32.6 Å². The summed E-state index contributed by atoms with van der Waals surface area (Å²) in [5, 5.41) is 0. The fraction of sp³-hybridized carbons (Fsp3) is 0.351. The summed E-state index contributed by atoms with van der Waals surface area (Å²) < 4.78 is 46.8. The molecule has 0 saturated carbocycles. The second-order valence-corrected chi connectivity index (χ2v) is 14.2. The third kappa shape index (κ3) is 15.8. The first-order chi connectivity index (χ1) is 23.1. The molecular formula is C37H46O8P2. The minimum Gasteiger partial charge on any atom is -0.353 e. The van der Waals surface area contributed by atoms with E-state index in [2.05, 4.69) is 0 Å². The molecule has 1 aliphatic heterocycles. The van der Waals surface area contributed by atoms with E-state index in [1.54, 1.807) is 0 Å². The number of unbranched alkanes of at least 4 members (excludes halogenated alkanes) is 1. The van der Waals surface area contributed by atoms with Gasteiger partial charge in [-0.2, -0.15) is 0 Å². The molecule has 1 unspecified atom stereocenters. The lowest BCUT2D eigenvalue weighted by Crippen LogP contribution is -2.22. The molecule has 4 aromatic rings. The van der Waals surface area contributed by atoms with Crippen molar-refractivity contribution in [1.82, 2.24) is 0 Å². The zero-order valence-electron chi connectivity index (χ0n) is 26.8. The molecule has 1 aliphatic rings. The second-order valence-electron chi connectivity index (χ2n) is 11.0. The summed E-state index contributed by atoms with van der Waals surface area (Å²) in [5.74, 6) is 0. The Morgan fingerprint density at radius 2 is 1.09 bits per heavy atom. The summed E-state index contributed by atoms with van der Waals surface area (Å²) in [4.78, 5) is 9.59. The third-order valence-electron chi connectivity index (χ3n) is 7.18. The van der Waals surface area contributed by atoms with Gasteiger partial charge in [-0.15, -0.1) is 0 Å². The van der Waals surface area contributed by atoms with Crippen molar-refractivity contribution in [2.45, 2.75) is 64.8 Å². The van der Waals surface area contributed by atoms with Gasteiger partial charge in [-0.25, -0.2) is 0 Å². The van der Waals surface area contributed by atoms with Gasteiger partial charge in [0.1, 0.15) is 0 Å². The molecule has 10 heteroatoms. The van der Waals surface area contributed by atoms with Crippen LogP contribution in [-0.4, -0.2) is 30.6 Å². The van der Waals surface area contributed by atoms with Gasteiger partial charge in [0.15, 0.2) is 6.29 Å². The van der Waals surface area contributed by atoms with Crippen LogP contribution in [0.15, 0.2) is 121 Å². The van der Waals surface area contributed by atoms with Crippen LogP contribution in [0.25, 0.3) is 0 Å². The molecule has 1 heterocycles. The molecule has 252 valence electrons. The lowest BCUT2D eigenvalue weighted by atomic mass is 10.2. The average molecular weight is 681 g/mol. The van der Waals surface area contributed by atoms with E-state index in [9.17, 15) is 9.46 Å². The summed E-state index contributed by atoms with van der Waals surface area (Å²) in [5.41, 5.74) is 3.99. The van der Waals surface area contributed by atoms with E-state index >= 15 is 0 Å². The molecule has 4 aromatic carbocycles. The van der Waals surface area contributed by atoms with Gasteiger partial charge in [0.2, 0.25) is 0 Å². The maximum Gasteiger partial charge on any atom is 0.331 e. The van der Waals surface area contributed by atoms with Crippen molar-refractivity contribution in [3.63, 3.8) is 0 Å². The van der Waals surface area contributed by atoms with Gasteiger partial charge in [0, 0.05) is 13.2 Å². The average Bonchev–Trinajstić information content (AvgIpc) is 3.14. The second kappa shape index (κ2) is 22.0. The fourth-order valence-electron chi connectivity index (χ4n) is 4.57. The SMILES string of the molecule is O=P(CCCCOC1CCCCO1)(OCc1ccccc1)OCc1ccccc1.OP(OCc1ccccc1)OCc1ccccc1. The molecule has 1 atom stereocenters. The molecule has 0 amide bonds. The predicted molar refractivity (Wildman–Crippen MR) is 185 cm³/mol. The van der Waals surface area contributed by atoms with Gasteiger partial charge in [-0.1, -0.05) is 121 Å². The Hall–Kier alpha value is -2.74. The number of ether oxygens (including phenoxy) is 2. The quantitative estimate of drug-likeness (QED) is 0.0821. The topological polar surface area (TPSA) is 92.7 Å². The Kier molecular flexibility index (Phi) is 17.4. The summed E-state index contributed by atoms with van der Waals surface area (Å²) >= 11 is 0. The van der Waals surface area contributed by atoms with Gasteiger partial charge in [-0.3, -0.25) is 4.57 Å². The van der Waals surface area contributed by atoms with Crippen LogP contribution in [0.1, 0.15) is 54.4 Å². The Morgan fingerprint density at radius 3 is 1.51 bits per heavy atom. The van der Waals surface area contributed by atoms with E-state index in [0.717, 1.165) is 54.5 Å². The maximum atomic E-state index is 13.3. The minimum atomic E-state index is -3.21. The standard InChI is InChI=1S/C23H31O5P.C14H15O3P/c24-29(27-19-21-11-3-1-4-12-21,28-20-22-13-5-2-6-14-22)18-10-9-17-26-23-15-7-8-16-25-23;15-18(16-11-13-7-3-1-4-8-13)17-12-14-9-5-2-6-10-14/h1-6,11-14,23H,7-10,15-20H2;1-10,15H,11-12H2. The first kappa shape index (κ1) is 37.1. The van der Waals surface area contributed by atoms with Crippen LogP contribution in [-0.2, 0) is 58.6 Å². The predicted octanol–water partition coefficient (Wildman–Crippen LogP) is 9.58. The number of benzene rings is 4. The molecule has 47 heavy (non-hydrogen) atoms. The summed E-state index contributed by atoms with van der Waals surface area (Å²) in [7, 11) is -5.04. The third-order valence-corrected chi connectivity index (χ3v) is 9.79. The van der Waals surface area contributed by atoms with Gasteiger partial charge >= 0.3 is 16.2 Å². The highest BCUT2D eigenvalue weighted by Gasteiger charge is 2.25. The molecule has 0 bridgehead atoms. The Morgan fingerprint density at radius 1 is 0.638 bits per heavy atom. The van der Waals surface area contributed by atoms with Crippen molar-refractivity contribution in [1.29, 1.82) is 0 Å². The van der Waals surface area contributed by atoms with Crippen molar-refractivity contribution < 1.29 is 37.0 Å². The number of hydrogen-bond donors (Lipinski definition) is 1. The molecule has 1 saturated heterocycles. The van der Waals surface area contributed by atoms with Crippen molar-refractivity contribution >= 4 is 16.2 Å². The van der Waals surface area contributed by atoms with Gasteiger partial charge in [0.25, 0.3) is 0 Å². The molecular weight excluding hydrogens is 634 g/mol.